The minimum Gasteiger partial charge on any atom is -0.493 e. The number of alkyl halides is 6. The number of fused-ring (bicyclic) bond motifs is 1. The van der Waals surface area contributed by atoms with Crippen molar-refractivity contribution in [2.24, 2.45) is 0 Å². The minimum atomic E-state index is -4.77. The van der Waals surface area contributed by atoms with Gasteiger partial charge in [-0.15, -0.1) is 0 Å². The zero-order valence-corrected chi connectivity index (χ0v) is 19.9. The number of halogens is 7. The Balaban J connectivity index is 1.69. The number of aromatic nitrogens is 2. The smallest absolute Gasteiger partial charge is 0.417 e. The quantitative estimate of drug-likeness (QED) is 0.357. The molecule has 2 aromatic carbocycles. The lowest BCUT2D eigenvalue weighted by Crippen LogP contribution is -2.36. The average molecular weight is 549 g/mol. The van der Waals surface area contributed by atoms with E-state index in [2.05, 4.69) is 15.7 Å². The van der Waals surface area contributed by atoms with Crippen molar-refractivity contribution < 1.29 is 40.6 Å². The Morgan fingerprint density at radius 3 is 2.41 bits per heavy atom. The Morgan fingerprint density at radius 2 is 1.78 bits per heavy atom. The summed E-state index contributed by atoms with van der Waals surface area (Å²) in [5.74, 6) is -0.528. The van der Waals surface area contributed by atoms with E-state index in [1.807, 2.05) is 0 Å². The molecule has 1 aliphatic rings. The maximum atomic E-state index is 14.0. The third kappa shape index (κ3) is 5.26. The van der Waals surface area contributed by atoms with Gasteiger partial charge < -0.3 is 20.1 Å². The van der Waals surface area contributed by atoms with Crippen molar-refractivity contribution in [3.05, 3.63) is 64.3 Å². The second kappa shape index (κ2) is 9.69. The lowest BCUT2D eigenvalue weighted by molar-refractivity contribution is -0.173. The lowest BCUT2D eigenvalue weighted by Gasteiger charge is -2.34. The van der Waals surface area contributed by atoms with Crippen LogP contribution in [-0.2, 0) is 6.18 Å². The SMILES string of the molecule is COc1ccc([C@@H]2C[C@@H](C(F)(F)F)n3ncc(C(=O)Nc4ccc(Cl)c(C(F)(F)F)c4)c3N2)cc1OC. The molecule has 198 valence electrons. The highest BCUT2D eigenvalue weighted by Gasteiger charge is 2.47. The number of benzene rings is 2. The van der Waals surface area contributed by atoms with Crippen LogP contribution >= 0.6 is 11.6 Å². The molecular formula is C23H19ClF6N4O3. The Hall–Kier alpha value is -3.61. The Kier molecular flexibility index (Phi) is 6.93. The van der Waals surface area contributed by atoms with Gasteiger partial charge in [0.2, 0.25) is 0 Å². The van der Waals surface area contributed by atoms with E-state index in [1.165, 1.54) is 26.4 Å². The zero-order chi connectivity index (χ0) is 27.1. The van der Waals surface area contributed by atoms with E-state index < -0.39 is 47.4 Å². The van der Waals surface area contributed by atoms with Crippen LogP contribution < -0.4 is 20.1 Å². The number of rotatable bonds is 5. The van der Waals surface area contributed by atoms with Crippen molar-refractivity contribution >= 4 is 29.0 Å². The monoisotopic (exact) mass is 548 g/mol. The van der Waals surface area contributed by atoms with Crippen molar-refractivity contribution in [3.8, 4) is 11.5 Å². The van der Waals surface area contributed by atoms with Crippen molar-refractivity contribution in [1.82, 2.24) is 9.78 Å². The normalized spacial score (nSPS) is 17.5. The third-order valence-corrected chi connectivity index (χ3v) is 6.15. The van der Waals surface area contributed by atoms with Crippen LogP contribution in [0.15, 0.2) is 42.6 Å². The van der Waals surface area contributed by atoms with Crippen LogP contribution in [0.25, 0.3) is 0 Å². The number of amides is 1. The Bertz CT molecular complexity index is 1320. The molecule has 14 heteroatoms. The second-order valence-electron chi connectivity index (χ2n) is 8.10. The fraction of sp³-hybridized carbons (Fsp3) is 0.304. The summed E-state index contributed by atoms with van der Waals surface area (Å²) < 4.78 is 92.5. The summed E-state index contributed by atoms with van der Waals surface area (Å²) in [5, 5.41) is 8.36. The molecule has 7 nitrogen and oxygen atoms in total. The number of anilines is 2. The lowest BCUT2D eigenvalue weighted by atomic mass is 9.96. The number of nitrogens with one attached hydrogen (secondary N) is 2. The molecule has 2 atom stereocenters. The van der Waals surface area contributed by atoms with Gasteiger partial charge in [0.1, 0.15) is 11.4 Å². The highest BCUT2D eigenvalue weighted by atomic mass is 35.5. The van der Waals surface area contributed by atoms with Gasteiger partial charge in [-0.25, -0.2) is 4.68 Å². The van der Waals surface area contributed by atoms with Crippen LogP contribution in [-0.4, -0.2) is 36.1 Å². The van der Waals surface area contributed by atoms with Gasteiger partial charge >= 0.3 is 12.4 Å². The van der Waals surface area contributed by atoms with Crippen molar-refractivity contribution in [2.45, 2.75) is 30.9 Å². The van der Waals surface area contributed by atoms with Crippen molar-refractivity contribution in [1.29, 1.82) is 0 Å². The predicted octanol–water partition coefficient (Wildman–Crippen LogP) is 6.49. The maximum absolute atomic E-state index is 14.0. The fourth-order valence-corrected chi connectivity index (χ4v) is 4.26. The molecule has 0 radical (unpaired) electrons. The van der Waals surface area contributed by atoms with Gasteiger partial charge in [0.25, 0.3) is 5.91 Å². The maximum Gasteiger partial charge on any atom is 0.417 e. The molecule has 2 N–H and O–H groups in total. The summed E-state index contributed by atoms with van der Waals surface area (Å²) in [7, 11) is 2.80. The molecule has 3 aromatic rings. The molecule has 1 amide bonds. The predicted molar refractivity (Wildman–Crippen MR) is 122 cm³/mol. The minimum absolute atomic E-state index is 0.240. The summed E-state index contributed by atoms with van der Waals surface area (Å²) in [6.07, 6.45) is -9.00. The molecular weight excluding hydrogens is 530 g/mol. The molecule has 0 saturated carbocycles. The molecule has 2 heterocycles. The van der Waals surface area contributed by atoms with E-state index in [0.29, 0.717) is 27.8 Å². The number of hydrogen-bond donors (Lipinski definition) is 2. The van der Waals surface area contributed by atoms with E-state index in [-0.39, 0.29) is 17.1 Å². The molecule has 0 spiro atoms. The molecule has 0 bridgehead atoms. The number of carbonyl (C=O) groups excluding carboxylic acids is 1. The van der Waals surface area contributed by atoms with Crippen molar-refractivity contribution in [3.63, 3.8) is 0 Å². The number of carbonyl (C=O) groups is 1. The largest absolute Gasteiger partial charge is 0.493 e. The van der Waals surface area contributed by atoms with Gasteiger partial charge in [-0.1, -0.05) is 17.7 Å². The number of nitrogens with zero attached hydrogens (tertiary/aromatic N) is 2. The van der Waals surface area contributed by atoms with E-state index in [0.717, 1.165) is 18.3 Å². The molecule has 0 fully saturated rings. The van der Waals surface area contributed by atoms with Crippen LogP contribution in [0.5, 0.6) is 11.5 Å². The van der Waals surface area contributed by atoms with Gasteiger partial charge in [0, 0.05) is 12.1 Å². The number of hydrogen-bond acceptors (Lipinski definition) is 5. The van der Waals surface area contributed by atoms with E-state index >= 15 is 0 Å². The number of ether oxygens (including phenoxy) is 2. The van der Waals surface area contributed by atoms with Crippen LogP contribution in [0.3, 0.4) is 0 Å². The summed E-state index contributed by atoms with van der Waals surface area (Å²) >= 11 is 5.61. The summed E-state index contributed by atoms with van der Waals surface area (Å²) in [5.41, 5.74) is -1.28. The Morgan fingerprint density at radius 1 is 1.08 bits per heavy atom. The topological polar surface area (TPSA) is 77.4 Å². The van der Waals surface area contributed by atoms with Gasteiger partial charge in [-0.05, 0) is 35.9 Å². The first-order chi connectivity index (χ1) is 17.3. The summed E-state index contributed by atoms with van der Waals surface area (Å²) in [6, 6.07) is 4.37. The van der Waals surface area contributed by atoms with Crippen LogP contribution in [0, 0.1) is 0 Å². The highest BCUT2D eigenvalue weighted by molar-refractivity contribution is 6.31. The van der Waals surface area contributed by atoms with Crippen LogP contribution in [0.4, 0.5) is 37.8 Å². The highest BCUT2D eigenvalue weighted by Crippen LogP contribution is 2.45. The third-order valence-electron chi connectivity index (χ3n) is 5.82. The van der Waals surface area contributed by atoms with E-state index in [4.69, 9.17) is 21.1 Å². The second-order valence-corrected chi connectivity index (χ2v) is 8.51. The molecule has 0 aliphatic carbocycles. The molecule has 4 rings (SSSR count). The average Bonchev–Trinajstić information content (AvgIpc) is 3.27. The zero-order valence-electron chi connectivity index (χ0n) is 19.2. The van der Waals surface area contributed by atoms with Gasteiger partial charge in [-0.2, -0.15) is 31.4 Å². The molecule has 37 heavy (non-hydrogen) atoms. The van der Waals surface area contributed by atoms with Crippen LogP contribution in [0.1, 0.15) is 40.0 Å². The van der Waals surface area contributed by atoms with Gasteiger partial charge in [0.15, 0.2) is 17.5 Å². The summed E-state index contributed by atoms with van der Waals surface area (Å²) in [4.78, 5) is 12.9. The standard InChI is InChI=1S/C23H19ClF6N4O3/c1-36-17-6-3-11(7-18(17)37-2)16-9-19(23(28,29)30)34-20(33-16)13(10-31-34)21(35)32-12-4-5-15(24)14(8-12)22(25,26)27/h3-8,10,16,19,33H,9H2,1-2H3,(H,32,35)/t16-,19-/m0/s1. The van der Waals surface area contributed by atoms with Gasteiger partial charge in [-0.3, -0.25) is 4.79 Å². The van der Waals surface area contributed by atoms with Crippen molar-refractivity contribution in [2.75, 3.05) is 24.9 Å². The molecule has 1 aliphatic heterocycles. The van der Waals surface area contributed by atoms with Gasteiger partial charge in [0.05, 0.1) is 37.0 Å². The summed E-state index contributed by atoms with van der Waals surface area (Å²) in [6.45, 7) is 0. The van der Waals surface area contributed by atoms with Crippen LogP contribution in [0.2, 0.25) is 5.02 Å². The van der Waals surface area contributed by atoms with E-state index in [9.17, 15) is 31.1 Å². The molecule has 0 unspecified atom stereocenters. The number of methoxy groups -OCH3 is 2. The molecule has 0 saturated heterocycles. The molecule has 1 aromatic heterocycles. The first-order valence-electron chi connectivity index (χ1n) is 10.6. The van der Waals surface area contributed by atoms with E-state index in [1.54, 1.807) is 6.07 Å². The first kappa shape index (κ1) is 26.5. The fourth-order valence-electron chi connectivity index (χ4n) is 4.04. The Labute approximate surface area is 211 Å². The first-order valence-corrected chi connectivity index (χ1v) is 11.0.